The summed E-state index contributed by atoms with van der Waals surface area (Å²) in [5, 5.41) is 12.4. The Bertz CT molecular complexity index is 867. The topological polar surface area (TPSA) is 71.2 Å². The highest BCUT2D eigenvalue weighted by molar-refractivity contribution is 5.88. The van der Waals surface area contributed by atoms with E-state index in [1.807, 2.05) is 12.1 Å². The second-order valence-electron chi connectivity index (χ2n) is 6.97. The average molecular weight is 366 g/mol. The van der Waals surface area contributed by atoms with Gasteiger partial charge >= 0.3 is 12.1 Å². The Hall–Kier alpha value is -2.58. The lowest BCUT2D eigenvalue weighted by Gasteiger charge is -2.20. The highest BCUT2D eigenvalue weighted by atomic mass is 19.4. The van der Waals surface area contributed by atoms with Gasteiger partial charge in [0.05, 0.1) is 6.54 Å². The van der Waals surface area contributed by atoms with Crippen LogP contribution in [0.3, 0.4) is 0 Å². The molecule has 2 fully saturated rings. The number of carboxylic acids is 1. The zero-order chi connectivity index (χ0) is 18.6. The number of piperidine rings is 1. The van der Waals surface area contributed by atoms with Crippen LogP contribution in [0, 0.1) is 18.8 Å². The fraction of sp³-hybridized carbons (Fsp3) is 0.471. The number of carboxylic acid groups (broad SMARTS) is 1. The summed E-state index contributed by atoms with van der Waals surface area (Å²) >= 11 is 0. The molecule has 1 saturated carbocycles. The monoisotopic (exact) mass is 366 g/mol. The van der Waals surface area contributed by atoms with Gasteiger partial charge in [0.2, 0.25) is 0 Å². The van der Waals surface area contributed by atoms with Crippen molar-refractivity contribution in [3.8, 4) is 0 Å². The molecule has 2 aromatic heterocycles. The molecule has 26 heavy (non-hydrogen) atoms. The molecule has 0 aromatic carbocycles. The van der Waals surface area contributed by atoms with Gasteiger partial charge in [-0.25, -0.2) is 9.78 Å². The van der Waals surface area contributed by atoms with Gasteiger partial charge in [-0.15, -0.1) is 0 Å². The number of anilines is 1. The highest BCUT2D eigenvalue weighted by Gasteiger charge is 2.45. The van der Waals surface area contributed by atoms with Gasteiger partial charge in [0.1, 0.15) is 11.4 Å². The number of alkyl halides is 3. The molecule has 2 aromatic rings. The van der Waals surface area contributed by atoms with Gasteiger partial charge in [0.25, 0.3) is 0 Å². The third-order valence-electron chi connectivity index (χ3n) is 5.08. The Balaban J connectivity index is 1.56. The molecule has 0 spiro atoms. The van der Waals surface area contributed by atoms with Gasteiger partial charge in [-0.2, -0.15) is 18.3 Å². The van der Waals surface area contributed by atoms with Crippen molar-refractivity contribution in [1.82, 2.24) is 14.8 Å². The van der Waals surface area contributed by atoms with Gasteiger partial charge in [-0.05, 0) is 36.8 Å². The number of pyridine rings is 1. The number of carbonyl (C=O) groups is 1. The van der Waals surface area contributed by atoms with Gasteiger partial charge in [-0.1, -0.05) is 6.07 Å². The number of rotatable bonds is 4. The molecule has 1 aliphatic heterocycles. The summed E-state index contributed by atoms with van der Waals surface area (Å²) in [6.07, 6.45) is -2.61. The number of aryl methyl sites for hydroxylation is 1. The molecule has 2 atom stereocenters. The molecule has 2 unspecified atom stereocenters. The van der Waals surface area contributed by atoms with E-state index >= 15 is 0 Å². The molecule has 4 rings (SSSR count). The van der Waals surface area contributed by atoms with Gasteiger partial charge < -0.3 is 10.0 Å². The van der Waals surface area contributed by atoms with Gasteiger partial charge in [0, 0.05) is 25.0 Å². The standard InChI is InChI=1S/C17H17F3N4O2/c1-9-10(2-3-14(21-9)23-5-11-4-12(11)6-23)7-24-8-13(16(25)26)15(22-24)17(18,19)20/h2-3,8,11-12H,4-7H2,1H3,(H,25,26). The number of fused-ring (bicyclic) bond motifs is 1. The van der Waals surface area contributed by atoms with E-state index in [2.05, 4.69) is 15.0 Å². The SMILES string of the molecule is Cc1nc(N2CC3CC3C2)ccc1Cn1cc(C(=O)O)c(C(F)(F)F)n1. The number of nitrogens with zero attached hydrogens (tertiary/aromatic N) is 4. The minimum Gasteiger partial charge on any atom is -0.478 e. The van der Waals surface area contributed by atoms with E-state index in [1.165, 1.54) is 6.42 Å². The smallest absolute Gasteiger partial charge is 0.436 e. The number of hydrogen-bond donors (Lipinski definition) is 1. The van der Waals surface area contributed by atoms with Crippen LogP contribution in [0.5, 0.6) is 0 Å². The Morgan fingerprint density at radius 3 is 2.54 bits per heavy atom. The number of aromatic nitrogens is 3. The fourth-order valence-corrected chi connectivity index (χ4v) is 3.55. The van der Waals surface area contributed by atoms with E-state index in [0.29, 0.717) is 11.3 Å². The normalized spacial score (nSPS) is 21.8. The quantitative estimate of drug-likeness (QED) is 0.901. The van der Waals surface area contributed by atoms with E-state index in [0.717, 1.165) is 41.6 Å². The van der Waals surface area contributed by atoms with Crippen molar-refractivity contribution >= 4 is 11.8 Å². The highest BCUT2D eigenvalue weighted by Crippen LogP contribution is 2.46. The van der Waals surface area contributed by atoms with Gasteiger partial charge in [-0.3, -0.25) is 4.68 Å². The van der Waals surface area contributed by atoms with E-state index in [-0.39, 0.29) is 6.54 Å². The first-order valence-electron chi connectivity index (χ1n) is 8.32. The van der Waals surface area contributed by atoms with E-state index in [1.54, 1.807) is 6.92 Å². The molecule has 2 aliphatic rings. The Labute approximate surface area is 147 Å². The molecule has 1 aliphatic carbocycles. The fourth-order valence-electron chi connectivity index (χ4n) is 3.55. The molecule has 0 amide bonds. The van der Waals surface area contributed by atoms with Crippen LogP contribution < -0.4 is 4.90 Å². The first-order chi connectivity index (χ1) is 12.2. The lowest BCUT2D eigenvalue weighted by atomic mass is 10.2. The van der Waals surface area contributed by atoms with Crippen LogP contribution in [0.25, 0.3) is 0 Å². The maximum absolute atomic E-state index is 12.9. The van der Waals surface area contributed by atoms with Crippen molar-refractivity contribution in [2.75, 3.05) is 18.0 Å². The summed E-state index contributed by atoms with van der Waals surface area (Å²) in [7, 11) is 0. The summed E-state index contributed by atoms with van der Waals surface area (Å²) in [6, 6.07) is 3.68. The average Bonchev–Trinajstić information content (AvgIpc) is 2.96. The van der Waals surface area contributed by atoms with Crippen LogP contribution in [0.15, 0.2) is 18.3 Å². The van der Waals surface area contributed by atoms with Crippen molar-refractivity contribution in [3.05, 3.63) is 40.8 Å². The van der Waals surface area contributed by atoms with E-state index in [4.69, 9.17) is 5.11 Å². The molecular weight excluding hydrogens is 349 g/mol. The Morgan fingerprint density at radius 1 is 1.31 bits per heavy atom. The minimum absolute atomic E-state index is 0.0285. The Kier molecular flexibility index (Phi) is 3.71. The van der Waals surface area contributed by atoms with Crippen LogP contribution in [0.1, 0.15) is 33.7 Å². The molecule has 1 saturated heterocycles. The zero-order valence-electron chi connectivity index (χ0n) is 14.0. The van der Waals surface area contributed by atoms with Crippen LogP contribution in [-0.2, 0) is 12.7 Å². The Morgan fingerprint density at radius 2 is 2.00 bits per heavy atom. The second kappa shape index (κ2) is 5.72. The first kappa shape index (κ1) is 16.9. The lowest BCUT2D eigenvalue weighted by Crippen LogP contribution is -2.23. The number of halogens is 3. The maximum Gasteiger partial charge on any atom is 0.436 e. The predicted octanol–water partition coefficient (Wildman–Crippen LogP) is 2.81. The summed E-state index contributed by atoms with van der Waals surface area (Å²) < 4.78 is 39.8. The molecule has 3 heterocycles. The minimum atomic E-state index is -4.81. The molecule has 0 radical (unpaired) electrons. The van der Waals surface area contributed by atoms with Crippen molar-refractivity contribution in [2.24, 2.45) is 11.8 Å². The van der Waals surface area contributed by atoms with Crippen LogP contribution in [0.2, 0.25) is 0 Å². The van der Waals surface area contributed by atoms with Crippen LogP contribution in [0.4, 0.5) is 19.0 Å². The zero-order valence-corrected chi connectivity index (χ0v) is 14.0. The van der Waals surface area contributed by atoms with Crippen molar-refractivity contribution in [2.45, 2.75) is 26.1 Å². The summed E-state index contributed by atoms with van der Waals surface area (Å²) in [5.74, 6) is 0.773. The van der Waals surface area contributed by atoms with Crippen molar-refractivity contribution in [3.63, 3.8) is 0 Å². The summed E-state index contributed by atoms with van der Waals surface area (Å²) in [5.41, 5.74) is -0.838. The van der Waals surface area contributed by atoms with E-state index < -0.39 is 23.4 Å². The molecule has 9 heteroatoms. The molecular formula is C17H17F3N4O2. The summed E-state index contributed by atoms with van der Waals surface area (Å²) in [4.78, 5) is 17.8. The third-order valence-corrected chi connectivity index (χ3v) is 5.08. The second-order valence-corrected chi connectivity index (χ2v) is 6.97. The number of aromatic carboxylic acids is 1. The third kappa shape index (κ3) is 3.02. The van der Waals surface area contributed by atoms with E-state index in [9.17, 15) is 18.0 Å². The molecule has 1 N–H and O–H groups in total. The molecule has 0 bridgehead atoms. The first-order valence-corrected chi connectivity index (χ1v) is 8.32. The van der Waals surface area contributed by atoms with Crippen molar-refractivity contribution < 1.29 is 23.1 Å². The van der Waals surface area contributed by atoms with Crippen LogP contribution in [-0.4, -0.2) is 38.9 Å². The molecule has 6 nitrogen and oxygen atoms in total. The summed E-state index contributed by atoms with van der Waals surface area (Å²) in [6.45, 7) is 3.84. The predicted molar refractivity (Wildman–Crippen MR) is 86.1 cm³/mol. The number of hydrogen-bond acceptors (Lipinski definition) is 4. The van der Waals surface area contributed by atoms with Crippen molar-refractivity contribution in [1.29, 1.82) is 0 Å². The molecule has 138 valence electrons. The lowest BCUT2D eigenvalue weighted by molar-refractivity contribution is -0.142. The largest absolute Gasteiger partial charge is 0.478 e. The van der Waals surface area contributed by atoms with Gasteiger partial charge in [0.15, 0.2) is 5.69 Å². The maximum atomic E-state index is 12.9. The van der Waals surface area contributed by atoms with Crippen LogP contribution >= 0.6 is 0 Å².